The van der Waals surface area contributed by atoms with E-state index in [2.05, 4.69) is 9.88 Å². The van der Waals surface area contributed by atoms with Gasteiger partial charge in [0.15, 0.2) is 0 Å². The lowest BCUT2D eigenvalue weighted by molar-refractivity contribution is 0.0571. The molecule has 102 valence electrons. The summed E-state index contributed by atoms with van der Waals surface area (Å²) in [6.45, 7) is 3.38. The Kier molecular flexibility index (Phi) is 3.10. The van der Waals surface area contributed by atoms with Crippen LogP contribution in [0.1, 0.15) is 23.2 Å². The number of nitrogen functional groups attached to an aromatic ring is 1. The molecule has 2 aliphatic rings. The summed E-state index contributed by atoms with van der Waals surface area (Å²) in [6.07, 6.45) is 3.35. The SMILES string of the molecule is Nc1ncc(F)cc1C(=O)N1CCN2CCCC2C1. The number of anilines is 1. The Morgan fingerprint density at radius 2 is 2.26 bits per heavy atom. The Bertz CT molecular complexity index is 507. The molecule has 0 aromatic carbocycles. The van der Waals surface area contributed by atoms with Crippen LogP contribution in [-0.2, 0) is 0 Å². The maximum atomic E-state index is 13.2. The molecule has 2 N–H and O–H groups in total. The van der Waals surface area contributed by atoms with E-state index in [-0.39, 0.29) is 17.3 Å². The number of nitrogens with zero attached hydrogens (tertiary/aromatic N) is 3. The highest BCUT2D eigenvalue weighted by Gasteiger charge is 2.33. The van der Waals surface area contributed by atoms with Gasteiger partial charge in [-0.25, -0.2) is 9.37 Å². The Labute approximate surface area is 111 Å². The highest BCUT2D eigenvalue weighted by molar-refractivity contribution is 5.98. The smallest absolute Gasteiger partial charge is 0.257 e. The lowest BCUT2D eigenvalue weighted by Crippen LogP contribution is -2.52. The van der Waals surface area contributed by atoms with E-state index in [0.717, 1.165) is 25.7 Å². The molecule has 5 nitrogen and oxygen atoms in total. The maximum Gasteiger partial charge on any atom is 0.257 e. The van der Waals surface area contributed by atoms with Gasteiger partial charge in [-0.3, -0.25) is 9.69 Å². The summed E-state index contributed by atoms with van der Waals surface area (Å²) >= 11 is 0. The van der Waals surface area contributed by atoms with Crippen molar-refractivity contribution >= 4 is 11.7 Å². The lowest BCUT2D eigenvalue weighted by atomic mass is 10.1. The van der Waals surface area contributed by atoms with Gasteiger partial charge in [-0.15, -0.1) is 0 Å². The summed E-state index contributed by atoms with van der Waals surface area (Å²) in [5, 5.41) is 0. The van der Waals surface area contributed by atoms with Crippen LogP contribution in [0.3, 0.4) is 0 Å². The number of aromatic nitrogens is 1. The number of nitrogens with two attached hydrogens (primary N) is 1. The molecule has 3 rings (SSSR count). The summed E-state index contributed by atoms with van der Waals surface area (Å²) in [5.74, 6) is -0.645. The summed E-state index contributed by atoms with van der Waals surface area (Å²) in [6, 6.07) is 1.62. The molecule has 0 bridgehead atoms. The van der Waals surface area contributed by atoms with Crippen LogP contribution in [0.15, 0.2) is 12.3 Å². The maximum absolute atomic E-state index is 13.2. The van der Waals surface area contributed by atoms with E-state index < -0.39 is 5.82 Å². The largest absolute Gasteiger partial charge is 0.383 e. The average molecular weight is 264 g/mol. The zero-order valence-electron chi connectivity index (χ0n) is 10.7. The van der Waals surface area contributed by atoms with Crippen molar-refractivity contribution in [3.63, 3.8) is 0 Å². The van der Waals surface area contributed by atoms with Crippen molar-refractivity contribution in [1.82, 2.24) is 14.8 Å². The molecule has 2 aliphatic heterocycles. The average Bonchev–Trinajstić information content (AvgIpc) is 2.88. The van der Waals surface area contributed by atoms with Crippen molar-refractivity contribution in [3.8, 4) is 0 Å². The van der Waals surface area contributed by atoms with Gasteiger partial charge in [-0.2, -0.15) is 0 Å². The molecule has 1 unspecified atom stereocenters. The fraction of sp³-hybridized carbons (Fsp3) is 0.538. The first kappa shape index (κ1) is 12.3. The zero-order chi connectivity index (χ0) is 13.4. The molecule has 1 aromatic rings. The first-order valence-electron chi connectivity index (χ1n) is 6.59. The topological polar surface area (TPSA) is 62.5 Å². The molecule has 0 aliphatic carbocycles. The van der Waals surface area contributed by atoms with Gasteiger partial charge < -0.3 is 10.6 Å². The van der Waals surface area contributed by atoms with Crippen LogP contribution in [0, 0.1) is 5.82 Å². The number of carbonyl (C=O) groups is 1. The molecule has 1 aromatic heterocycles. The number of piperazine rings is 1. The minimum atomic E-state index is -0.531. The van der Waals surface area contributed by atoms with Crippen molar-refractivity contribution in [1.29, 1.82) is 0 Å². The van der Waals surface area contributed by atoms with Crippen molar-refractivity contribution in [2.45, 2.75) is 18.9 Å². The predicted molar refractivity (Wildman–Crippen MR) is 69.1 cm³/mol. The van der Waals surface area contributed by atoms with Crippen LogP contribution in [0.4, 0.5) is 10.2 Å². The standard InChI is InChI=1S/C13H17FN4O/c14-9-6-11(12(15)16-7-9)13(19)18-5-4-17-3-1-2-10(17)8-18/h6-7,10H,1-5,8H2,(H2,15,16). The normalized spacial score (nSPS) is 23.4. The molecule has 0 saturated carbocycles. The summed E-state index contributed by atoms with van der Waals surface area (Å²) < 4.78 is 13.2. The third-order valence-electron chi connectivity index (χ3n) is 3.99. The van der Waals surface area contributed by atoms with Crippen LogP contribution in [0.2, 0.25) is 0 Å². The first-order chi connectivity index (χ1) is 9.15. The Balaban J connectivity index is 1.78. The fourth-order valence-electron chi connectivity index (χ4n) is 2.97. The number of pyridine rings is 1. The molecule has 19 heavy (non-hydrogen) atoms. The number of hydrogen-bond donors (Lipinski definition) is 1. The van der Waals surface area contributed by atoms with E-state index in [1.54, 1.807) is 4.90 Å². The summed E-state index contributed by atoms with van der Waals surface area (Å²) in [5.41, 5.74) is 5.84. The molecular weight excluding hydrogens is 247 g/mol. The third-order valence-corrected chi connectivity index (χ3v) is 3.99. The number of fused-ring (bicyclic) bond motifs is 1. The van der Waals surface area contributed by atoms with Crippen molar-refractivity contribution in [2.24, 2.45) is 0 Å². The number of amides is 1. The van der Waals surface area contributed by atoms with Gasteiger partial charge >= 0.3 is 0 Å². The van der Waals surface area contributed by atoms with Gasteiger partial charge in [0.05, 0.1) is 11.8 Å². The van der Waals surface area contributed by atoms with Crippen LogP contribution >= 0.6 is 0 Å². The molecule has 1 atom stereocenters. The van der Waals surface area contributed by atoms with E-state index in [9.17, 15) is 9.18 Å². The molecule has 0 radical (unpaired) electrons. The molecule has 1 amide bonds. The summed E-state index contributed by atoms with van der Waals surface area (Å²) in [4.78, 5) is 20.3. The Morgan fingerprint density at radius 3 is 3.11 bits per heavy atom. The quantitative estimate of drug-likeness (QED) is 0.812. The van der Waals surface area contributed by atoms with E-state index >= 15 is 0 Å². The van der Waals surface area contributed by atoms with Gasteiger partial charge in [0.25, 0.3) is 5.91 Å². The minimum absolute atomic E-state index is 0.0975. The molecule has 0 spiro atoms. The van der Waals surface area contributed by atoms with Crippen LogP contribution in [0.5, 0.6) is 0 Å². The fourth-order valence-corrected chi connectivity index (χ4v) is 2.97. The van der Waals surface area contributed by atoms with Gasteiger partial charge in [-0.05, 0) is 25.5 Å². The second-order valence-corrected chi connectivity index (χ2v) is 5.17. The Morgan fingerprint density at radius 1 is 1.42 bits per heavy atom. The molecule has 3 heterocycles. The number of hydrogen-bond acceptors (Lipinski definition) is 4. The second-order valence-electron chi connectivity index (χ2n) is 5.17. The van der Waals surface area contributed by atoms with Crippen LogP contribution < -0.4 is 5.73 Å². The first-order valence-corrected chi connectivity index (χ1v) is 6.59. The number of rotatable bonds is 1. The molecule has 2 fully saturated rings. The van der Waals surface area contributed by atoms with E-state index in [4.69, 9.17) is 5.73 Å². The second kappa shape index (κ2) is 4.77. The Hall–Kier alpha value is -1.69. The van der Waals surface area contributed by atoms with E-state index in [1.165, 1.54) is 12.5 Å². The number of carbonyl (C=O) groups excluding carboxylic acids is 1. The monoisotopic (exact) mass is 264 g/mol. The van der Waals surface area contributed by atoms with Gasteiger partial charge in [0.1, 0.15) is 11.6 Å². The van der Waals surface area contributed by atoms with Crippen molar-refractivity contribution in [2.75, 3.05) is 31.9 Å². The van der Waals surface area contributed by atoms with Crippen molar-refractivity contribution in [3.05, 3.63) is 23.6 Å². The molecular formula is C13H17FN4O. The van der Waals surface area contributed by atoms with E-state index in [0.29, 0.717) is 19.1 Å². The highest BCUT2D eigenvalue weighted by Crippen LogP contribution is 2.23. The number of halogens is 1. The molecule has 2 saturated heterocycles. The minimum Gasteiger partial charge on any atom is -0.383 e. The van der Waals surface area contributed by atoms with E-state index in [1.807, 2.05) is 0 Å². The van der Waals surface area contributed by atoms with Crippen LogP contribution in [0.25, 0.3) is 0 Å². The van der Waals surface area contributed by atoms with Gasteiger partial charge in [0, 0.05) is 25.7 Å². The third kappa shape index (κ3) is 2.28. The van der Waals surface area contributed by atoms with Crippen molar-refractivity contribution < 1.29 is 9.18 Å². The van der Waals surface area contributed by atoms with Gasteiger partial charge in [-0.1, -0.05) is 0 Å². The lowest BCUT2D eigenvalue weighted by Gasteiger charge is -2.37. The van der Waals surface area contributed by atoms with Crippen LogP contribution in [-0.4, -0.2) is 52.9 Å². The predicted octanol–water partition coefficient (Wildman–Crippen LogP) is 0.723. The van der Waals surface area contributed by atoms with Gasteiger partial charge in [0.2, 0.25) is 0 Å². The highest BCUT2D eigenvalue weighted by atomic mass is 19.1. The molecule has 6 heteroatoms. The summed E-state index contributed by atoms with van der Waals surface area (Å²) in [7, 11) is 0. The zero-order valence-corrected chi connectivity index (χ0v) is 10.7.